The summed E-state index contributed by atoms with van der Waals surface area (Å²) in [6.07, 6.45) is -2.81. The van der Waals surface area contributed by atoms with Crippen LogP contribution in [0.2, 0.25) is 5.02 Å². The van der Waals surface area contributed by atoms with E-state index in [-0.39, 0.29) is 18.9 Å². The van der Waals surface area contributed by atoms with Gasteiger partial charge in [-0.15, -0.1) is 0 Å². The lowest BCUT2D eigenvalue weighted by molar-refractivity contribution is -0.182. The molecule has 0 spiro atoms. The standard InChI is InChI=1S/C17H23ClF3N3O/c1-22-16(23-10-11-3-6-13(18)9-15(11)25-2)24-14-7-4-12(5-8-14)17(19,20)21/h3,6,9,12,14H,4-5,7-8,10H2,1-2H3,(H2,22,23,24). The van der Waals surface area contributed by atoms with Crippen molar-refractivity contribution in [2.24, 2.45) is 10.9 Å². The second-order valence-electron chi connectivity index (χ2n) is 6.12. The fraction of sp³-hybridized carbons (Fsp3) is 0.588. The predicted molar refractivity (Wildman–Crippen MR) is 93.1 cm³/mol. The van der Waals surface area contributed by atoms with Gasteiger partial charge in [-0.3, -0.25) is 4.99 Å². The highest BCUT2D eigenvalue weighted by Gasteiger charge is 2.41. The maximum Gasteiger partial charge on any atom is 0.391 e. The van der Waals surface area contributed by atoms with Gasteiger partial charge in [-0.1, -0.05) is 17.7 Å². The fourth-order valence-electron chi connectivity index (χ4n) is 3.00. The summed E-state index contributed by atoms with van der Waals surface area (Å²) in [6.45, 7) is 0.470. The molecule has 8 heteroatoms. The first kappa shape index (κ1) is 19.7. The Kier molecular flexibility index (Phi) is 6.81. The molecule has 0 atom stereocenters. The average Bonchev–Trinajstić information content (AvgIpc) is 2.58. The highest BCUT2D eigenvalue weighted by atomic mass is 35.5. The van der Waals surface area contributed by atoms with Crippen molar-refractivity contribution < 1.29 is 17.9 Å². The van der Waals surface area contributed by atoms with Crippen molar-refractivity contribution in [1.82, 2.24) is 10.6 Å². The lowest BCUT2D eigenvalue weighted by Crippen LogP contribution is -2.45. The van der Waals surface area contributed by atoms with Crippen molar-refractivity contribution in [3.05, 3.63) is 28.8 Å². The molecular formula is C17H23ClF3N3O. The van der Waals surface area contributed by atoms with E-state index in [2.05, 4.69) is 15.6 Å². The van der Waals surface area contributed by atoms with Crippen LogP contribution < -0.4 is 15.4 Å². The van der Waals surface area contributed by atoms with Crippen LogP contribution >= 0.6 is 11.6 Å². The van der Waals surface area contributed by atoms with E-state index in [1.165, 1.54) is 0 Å². The van der Waals surface area contributed by atoms with E-state index in [1.54, 1.807) is 26.3 Å². The molecule has 0 radical (unpaired) electrons. The van der Waals surface area contributed by atoms with E-state index in [4.69, 9.17) is 16.3 Å². The van der Waals surface area contributed by atoms with Crippen molar-refractivity contribution in [2.45, 2.75) is 44.4 Å². The van der Waals surface area contributed by atoms with Gasteiger partial charge in [0.25, 0.3) is 0 Å². The van der Waals surface area contributed by atoms with Gasteiger partial charge in [0.05, 0.1) is 13.0 Å². The summed E-state index contributed by atoms with van der Waals surface area (Å²) < 4.78 is 43.5. The van der Waals surface area contributed by atoms with Gasteiger partial charge in [0.2, 0.25) is 0 Å². The molecule has 1 fully saturated rings. The number of hydrogen-bond acceptors (Lipinski definition) is 2. The number of hydrogen-bond donors (Lipinski definition) is 2. The van der Waals surface area contributed by atoms with Gasteiger partial charge in [0, 0.05) is 30.2 Å². The Labute approximate surface area is 150 Å². The van der Waals surface area contributed by atoms with Crippen molar-refractivity contribution >= 4 is 17.6 Å². The zero-order chi connectivity index (χ0) is 18.4. The van der Waals surface area contributed by atoms with Crippen molar-refractivity contribution in [2.75, 3.05) is 14.2 Å². The molecule has 140 valence electrons. The van der Waals surface area contributed by atoms with E-state index in [1.807, 2.05) is 6.07 Å². The van der Waals surface area contributed by atoms with Crippen molar-refractivity contribution in [3.63, 3.8) is 0 Å². The molecule has 0 aromatic heterocycles. The molecule has 0 amide bonds. The van der Waals surface area contributed by atoms with Gasteiger partial charge in [0.15, 0.2) is 5.96 Å². The van der Waals surface area contributed by atoms with Crippen LogP contribution in [0.5, 0.6) is 5.75 Å². The van der Waals surface area contributed by atoms with Gasteiger partial charge < -0.3 is 15.4 Å². The highest BCUT2D eigenvalue weighted by Crippen LogP contribution is 2.37. The number of nitrogens with one attached hydrogen (secondary N) is 2. The van der Waals surface area contributed by atoms with E-state index in [9.17, 15) is 13.2 Å². The first-order valence-corrected chi connectivity index (χ1v) is 8.57. The molecule has 0 bridgehead atoms. The Morgan fingerprint density at radius 2 is 1.96 bits per heavy atom. The molecule has 1 aliphatic carbocycles. The third kappa shape index (κ3) is 5.70. The lowest BCUT2D eigenvalue weighted by Gasteiger charge is -2.31. The fourth-order valence-corrected chi connectivity index (χ4v) is 3.16. The highest BCUT2D eigenvalue weighted by molar-refractivity contribution is 6.30. The molecule has 25 heavy (non-hydrogen) atoms. The molecule has 0 saturated heterocycles. The second-order valence-corrected chi connectivity index (χ2v) is 6.55. The van der Waals surface area contributed by atoms with Crippen LogP contribution in [0.3, 0.4) is 0 Å². The van der Waals surface area contributed by atoms with Gasteiger partial charge in [-0.05, 0) is 37.8 Å². The Morgan fingerprint density at radius 1 is 1.28 bits per heavy atom. The SMILES string of the molecule is CN=C(NCc1ccc(Cl)cc1OC)NC1CCC(C(F)(F)F)CC1. The quantitative estimate of drug-likeness (QED) is 0.612. The minimum Gasteiger partial charge on any atom is -0.496 e. The van der Waals surface area contributed by atoms with Crippen LogP contribution in [0.1, 0.15) is 31.2 Å². The van der Waals surface area contributed by atoms with Crippen LogP contribution in [0.25, 0.3) is 0 Å². The summed E-state index contributed by atoms with van der Waals surface area (Å²) in [7, 11) is 3.21. The number of benzene rings is 1. The maximum atomic E-state index is 12.7. The molecule has 1 aliphatic rings. The molecule has 0 aliphatic heterocycles. The first-order valence-electron chi connectivity index (χ1n) is 8.19. The summed E-state index contributed by atoms with van der Waals surface area (Å²) in [6, 6.07) is 5.36. The minimum atomic E-state index is -4.09. The summed E-state index contributed by atoms with van der Waals surface area (Å²) >= 11 is 5.94. The Hall–Kier alpha value is -1.63. The van der Waals surface area contributed by atoms with Gasteiger partial charge in [-0.2, -0.15) is 13.2 Å². The molecule has 1 aromatic rings. The minimum absolute atomic E-state index is 0.00286. The van der Waals surface area contributed by atoms with Crippen LogP contribution in [0, 0.1) is 5.92 Å². The largest absolute Gasteiger partial charge is 0.496 e. The number of rotatable bonds is 4. The zero-order valence-corrected chi connectivity index (χ0v) is 15.0. The third-order valence-corrected chi connectivity index (χ3v) is 4.69. The van der Waals surface area contributed by atoms with Gasteiger partial charge in [0.1, 0.15) is 5.75 Å². The summed E-state index contributed by atoms with van der Waals surface area (Å²) in [5.41, 5.74) is 0.913. The van der Waals surface area contributed by atoms with E-state index < -0.39 is 12.1 Å². The Bertz CT molecular complexity index is 599. The maximum absolute atomic E-state index is 12.7. The number of alkyl halides is 3. The zero-order valence-electron chi connectivity index (χ0n) is 14.3. The smallest absolute Gasteiger partial charge is 0.391 e. The second kappa shape index (κ2) is 8.65. The number of guanidine groups is 1. The molecular weight excluding hydrogens is 355 g/mol. The molecule has 0 heterocycles. The normalized spacial score (nSPS) is 21.8. The lowest BCUT2D eigenvalue weighted by atomic mass is 9.85. The monoisotopic (exact) mass is 377 g/mol. The molecule has 2 N–H and O–H groups in total. The summed E-state index contributed by atoms with van der Waals surface area (Å²) in [5, 5.41) is 6.95. The van der Waals surface area contributed by atoms with Crippen LogP contribution in [-0.4, -0.2) is 32.3 Å². The molecule has 1 saturated carbocycles. The van der Waals surface area contributed by atoms with Gasteiger partial charge >= 0.3 is 6.18 Å². The topological polar surface area (TPSA) is 45.7 Å². The van der Waals surface area contributed by atoms with Crippen LogP contribution in [0.15, 0.2) is 23.2 Å². The Balaban J connectivity index is 1.86. The molecule has 0 unspecified atom stereocenters. The van der Waals surface area contributed by atoms with E-state index in [0.29, 0.717) is 36.1 Å². The van der Waals surface area contributed by atoms with Crippen molar-refractivity contribution in [1.29, 1.82) is 0 Å². The van der Waals surface area contributed by atoms with Gasteiger partial charge in [-0.25, -0.2) is 0 Å². The summed E-state index contributed by atoms with van der Waals surface area (Å²) in [5.74, 6) is 0.0486. The average molecular weight is 378 g/mol. The van der Waals surface area contributed by atoms with E-state index >= 15 is 0 Å². The Morgan fingerprint density at radius 3 is 2.52 bits per heavy atom. The van der Waals surface area contributed by atoms with Crippen molar-refractivity contribution in [3.8, 4) is 5.75 Å². The van der Waals surface area contributed by atoms with E-state index in [0.717, 1.165) is 5.56 Å². The van der Waals surface area contributed by atoms with Crippen LogP contribution in [-0.2, 0) is 6.54 Å². The predicted octanol–water partition coefficient (Wildman–Crippen LogP) is 4.13. The first-order chi connectivity index (χ1) is 11.8. The molecule has 1 aromatic carbocycles. The summed E-state index contributed by atoms with van der Waals surface area (Å²) in [4.78, 5) is 4.14. The number of halogens is 4. The number of methoxy groups -OCH3 is 1. The van der Waals surface area contributed by atoms with Crippen LogP contribution in [0.4, 0.5) is 13.2 Å². The number of aliphatic imine (C=N–C) groups is 1. The number of nitrogens with zero attached hydrogens (tertiary/aromatic N) is 1. The molecule has 2 rings (SSSR count). The third-order valence-electron chi connectivity index (χ3n) is 4.45. The molecule has 4 nitrogen and oxygen atoms in total. The number of ether oxygens (including phenoxy) is 1.